The van der Waals surface area contributed by atoms with Gasteiger partial charge in [0.15, 0.2) is 0 Å². The van der Waals surface area contributed by atoms with Crippen LogP contribution in [0.2, 0.25) is 0 Å². The molecular weight excluding hydrogens is 244 g/mol. The second kappa shape index (κ2) is 6.47. The van der Waals surface area contributed by atoms with Gasteiger partial charge in [-0.2, -0.15) is 0 Å². The minimum atomic E-state index is -0.319. The van der Waals surface area contributed by atoms with Crippen LogP contribution in [0, 0.1) is 5.41 Å². The van der Waals surface area contributed by atoms with Crippen molar-refractivity contribution < 1.29 is 4.79 Å². The number of aromatic amines is 1. The smallest absolute Gasteiger partial charge is 0.273 e. The molecule has 1 aromatic heterocycles. The minimum absolute atomic E-state index is 0.146. The number of nitrogens with zero attached hydrogens (tertiary/aromatic N) is 2. The van der Waals surface area contributed by atoms with Gasteiger partial charge < -0.3 is 15.6 Å². The molecule has 3 N–H and O–H groups in total. The molecule has 0 saturated carbocycles. The number of carbonyl (C=O) groups excluding carboxylic acids is 1. The molecule has 0 spiro atoms. The zero-order chi connectivity index (χ0) is 14.5. The van der Waals surface area contributed by atoms with Crippen LogP contribution in [0.5, 0.6) is 0 Å². The molecule has 0 unspecified atom stereocenters. The van der Waals surface area contributed by atoms with Gasteiger partial charge in [-0.25, -0.2) is 4.98 Å². The maximum Gasteiger partial charge on any atom is 0.273 e. The summed E-state index contributed by atoms with van der Waals surface area (Å²) < 4.78 is 0. The monoisotopic (exact) mass is 266 g/mol. The molecule has 1 aromatic rings. The van der Waals surface area contributed by atoms with Crippen molar-refractivity contribution in [1.82, 2.24) is 14.9 Å². The summed E-state index contributed by atoms with van der Waals surface area (Å²) in [6, 6.07) is 0. The first-order valence-corrected chi connectivity index (χ1v) is 6.43. The first kappa shape index (κ1) is 15.4. The molecule has 1 rings (SSSR count). The molecule has 0 aromatic carbocycles. The maximum atomic E-state index is 12.3. The number of rotatable bonds is 6. The average Bonchev–Trinajstić information content (AvgIpc) is 2.38. The highest BCUT2D eigenvalue weighted by Crippen LogP contribution is 2.16. The van der Waals surface area contributed by atoms with Crippen LogP contribution in [0.4, 0.5) is 0 Å². The van der Waals surface area contributed by atoms with Gasteiger partial charge in [-0.3, -0.25) is 9.59 Å². The molecule has 19 heavy (non-hydrogen) atoms. The van der Waals surface area contributed by atoms with Crippen LogP contribution in [0.25, 0.3) is 0 Å². The fourth-order valence-electron chi connectivity index (χ4n) is 1.72. The number of H-pyrrole nitrogens is 1. The van der Waals surface area contributed by atoms with E-state index >= 15 is 0 Å². The summed E-state index contributed by atoms with van der Waals surface area (Å²) in [4.78, 5) is 31.4. The van der Waals surface area contributed by atoms with Crippen molar-refractivity contribution in [3.05, 3.63) is 28.4 Å². The predicted octanol–water partition coefficient (Wildman–Crippen LogP) is 0.607. The van der Waals surface area contributed by atoms with Crippen molar-refractivity contribution >= 4 is 5.91 Å². The molecule has 0 bridgehead atoms. The van der Waals surface area contributed by atoms with Crippen LogP contribution in [0.15, 0.2) is 17.2 Å². The predicted molar refractivity (Wildman–Crippen MR) is 73.9 cm³/mol. The Morgan fingerprint density at radius 2 is 2.21 bits per heavy atom. The van der Waals surface area contributed by atoms with E-state index in [4.69, 9.17) is 5.73 Å². The number of hydrogen-bond acceptors (Lipinski definition) is 4. The second-order valence-corrected chi connectivity index (χ2v) is 5.39. The van der Waals surface area contributed by atoms with Crippen molar-refractivity contribution in [3.8, 4) is 0 Å². The Labute approximate surface area is 113 Å². The van der Waals surface area contributed by atoms with Gasteiger partial charge in [0, 0.05) is 19.3 Å². The fraction of sp³-hybridized carbons (Fsp3) is 0.615. The van der Waals surface area contributed by atoms with Gasteiger partial charge in [0.1, 0.15) is 5.69 Å². The van der Waals surface area contributed by atoms with Gasteiger partial charge in [-0.15, -0.1) is 0 Å². The third-order valence-electron chi connectivity index (χ3n) is 2.84. The van der Waals surface area contributed by atoms with Crippen LogP contribution in [0.1, 0.15) is 37.7 Å². The van der Waals surface area contributed by atoms with Crippen LogP contribution < -0.4 is 11.3 Å². The van der Waals surface area contributed by atoms with Gasteiger partial charge in [0.2, 0.25) is 0 Å². The van der Waals surface area contributed by atoms with E-state index in [1.165, 1.54) is 6.20 Å². The highest BCUT2D eigenvalue weighted by Gasteiger charge is 2.24. The lowest BCUT2D eigenvalue weighted by Crippen LogP contribution is -2.42. The molecule has 0 aliphatic heterocycles. The fourth-order valence-corrected chi connectivity index (χ4v) is 1.72. The number of hydrogen-bond donors (Lipinski definition) is 2. The van der Waals surface area contributed by atoms with Crippen molar-refractivity contribution in [3.63, 3.8) is 0 Å². The third-order valence-corrected chi connectivity index (χ3v) is 2.84. The van der Waals surface area contributed by atoms with Gasteiger partial charge >= 0.3 is 0 Å². The van der Waals surface area contributed by atoms with Gasteiger partial charge in [-0.05, 0) is 18.4 Å². The van der Waals surface area contributed by atoms with Crippen LogP contribution in [0.3, 0.4) is 0 Å². The molecule has 0 radical (unpaired) electrons. The summed E-state index contributed by atoms with van der Waals surface area (Å²) in [5, 5.41) is 0. The summed E-state index contributed by atoms with van der Waals surface area (Å²) in [7, 11) is 0. The molecule has 6 nitrogen and oxygen atoms in total. The zero-order valence-corrected chi connectivity index (χ0v) is 11.8. The maximum absolute atomic E-state index is 12.3. The third kappa shape index (κ3) is 4.48. The number of nitrogens with two attached hydrogens (primary N) is 1. The van der Waals surface area contributed by atoms with Crippen LogP contribution >= 0.6 is 0 Å². The lowest BCUT2D eigenvalue weighted by atomic mass is 9.93. The number of amides is 1. The van der Waals surface area contributed by atoms with Crippen molar-refractivity contribution in [2.24, 2.45) is 11.1 Å². The van der Waals surface area contributed by atoms with Crippen LogP contribution in [-0.2, 0) is 0 Å². The molecular formula is C13H22N4O2. The highest BCUT2D eigenvalue weighted by molar-refractivity contribution is 5.91. The standard InChI is InChI=1S/C13H22N4O2/c1-4-5-17(9-13(2,3)8-14)12(19)10-6-16-11(18)7-15-10/h6-7H,4-5,8-9,14H2,1-3H3,(H,16,18). The molecule has 0 fully saturated rings. The molecule has 1 heterocycles. The largest absolute Gasteiger partial charge is 0.337 e. The molecule has 0 aliphatic rings. The van der Waals surface area contributed by atoms with E-state index in [2.05, 4.69) is 9.97 Å². The summed E-state index contributed by atoms with van der Waals surface area (Å²) in [6.45, 7) is 7.75. The first-order chi connectivity index (χ1) is 8.89. The Kier molecular flexibility index (Phi) is 5.23. The normalized spacial score (nSPS) is 11.4. The molecule has 0 atom stereocenters. The van der Waals surface area contributed by atoms with E-state index in [1.807, 2.05) is 20.8 Å². The molecule has 6 heteroatoms. The Hall–Kier alpha value is -1.69. The van der Waals surface area contributed by atoms with Gasteiger partial charge in [0.05, 0.1) is 6.20 Å². The molecule has 1 amide bonds. The minimum Gasteiger partial charge on any atom is -0.337 e. The van der Waals surface area contributed by atoms with Crippen LogP contribution in [-0.4, -0.2) is 40.4 Å². The van der Waals surface area contributed by atoms with E-state index < -0.39 is 0 Å². The highest BCUT2D eigenvalue weighted by atomic mass is 16.2. The lowest BCUT2D eigenvalue weighted by molar-refractivity contribution is 0.0683. The summed E-state index contributed by atoms with van der Waals surface area (Å²) in [5.41, 5.74) is 5.49. The first-order valence-electron chi connectivity index (χ1n) is 6.43. The van der Waals surface area contributed by atoms with E-state index in [-0.39, 0.29) is 22.6 Å². The van der Waals surface area contributed by atoms with Gasteiger partial charge in [0.25, 0.3) is 11.5 Å². The number of nitrogens with one attached hydrogen (secondary N) is 1. The van der Waals surface area contributed by atoms with Crippen molar-refractivity contribution in [2.75, 3.05) is 19.6 Å². The lowest BCUT2D eigenvalue weighted by Gasteiger charge is -2.31. The quantitative estimate of drug-likeness (QED) is 0.789. The molecule has 0 aliphatic carbocycles. The van der Waals surface area contributed by atoms with E-state index in [9.17, 15) is 9.59 Å². The topological polar surface area (TPSA) is 92.1 Å². The SMILES string of the molecule is CCCN(CC(C)(C)CN)C(=O)c1c[nH]c(=O)cn1. The van der Waals surface area contributed by atoms with E-state index in [0.29, 0.717) is 19.6 Å². The van der Waals surface area contributed by atoms with Gasteiger partial charge in [-0.1, -0.05) is 20.8 Å². The Morgan fingerprint density at radius 1 is 1.53 bits per heavy atom. The summed E-state index contributed by atoms with van der Waals surface area (Å²) >= 11 is 0. The molecule has 0 saturated heterocycles. The number of aromatic nitrogens is 2. The zero-order valence-electron chi connectivity index (χ0n) is 11.8. The van der Waals surface area contributed by atoms with E-state index in [1.54, 1.807) is 4.90 Å². The van der Waals surface area contributed by atoms with E-state index in [0.717, 1.165) is 12.6 Å². The Morgan fingerprint density at radius 3 is 2.68 bits per heavy atom. The summed E-state index contributed by atoms with van der Waals surface area (Å²) in [5.74, 6) is -0.181. The summed E-state index contributed by atoms with van der Waals surface area (Å²) in [6.07, 6.45) is 3.32. The molecule has 106 valence electrons. The van der Waals surface area contributed by atoms with Crippen molar-refractivity contribution in [1.29, 1.82) is 0 Å². The number of carbonyl (C=O) groups is 1. The Bertz CT molecular complexity index is 461. The average molecular weight is 266 g/mol. The Balaban J connectivity index is 2.89. The second-order valence-electron chi connectivity index (χ2n) is 5.39. The van der Waals surface area contributed by atoms with Crippen molar-refractivity contribution in [2.45, 2.75) is 27.2 Å².